The molecule has 0 spiro atoms. The van der Waals surface area contributed by atoms with Crippen LogP contribution in [-0.2, 0) is 6.42 Å². The van der Waals surface area contributed by atoms with Crippen LogP contribution in [0.15, 0.2) is 30.3 Å². The minimum atomic E-state index is 0. The van der Waals surface area contributed by atoms with Gasteiger partial charge in [-0.25, -0.2) is 0 Å². The molecule has 0 fully saturated rings. The summed E-state index contributed by atoms with van der Waals surface area (Å²) >= 11 is 0. The van der Waals surface area contributed by atoms with Crippen molar-refractivity contribution in [2.45, 2.75) is 21.3 Å². The van der Waals surface area contributed by atoms with Crippen molar-refractivity contribution in [2.24, 2.45) is 0 Å². The van der Waals surface area contributed by atoms with E-state index in [4.69, 9.17) is 0 Å². The smallest absolute Gasteiger partial charge is 0.00882 e. The highest BCUT2D eigenvalue weighted by Crippen LogP contribution is 2.17. The molecule has 1 aromatic carbocycles. The number of benzene rings is 1. The number of allylic oxidation sites excluding steroid dienone is 1. The second-order valence-corrected chi connectivity index (χ2v) is 2.31. The Morgan fingerprint density at radius 2 is 1.73 bits per heavy atom. The molecule has 60 valence electrons. The number of fused-ring (bicyclic) bond motifs is 1. The molecule has 0 unspecified atom stereocenters. The van der Waals surface area contributed by atoms with E-state index in [1.807, 2.05) is 0 Å². The lowest BCUT2D eigenvalue weighted by atomic mass is 10.1. The molecule has 2 rings (SSSR count). The van der Waals surface area contributed by atoms with E-state index in [2.05, 4.69) is 36.4 Å². The monoisotopic (exact) mass is 148 g/mol. The first kappa shape index (κ1) is 9.96. The van der Waals surface area contributed by atoms with E-state index in [-0.39, 0.29) is 14.9 Å². The molecule has 11 heavy (non-hydrogen) atoms. The van der Waals surface area contributed by atoms with Crippen LogP contribution in [-0.4, -0.2) is 0 Å². The summed E-state index contributed by atoms with van der Waals surface area (Å²) in [7, 11) is 0. The van der Waals surface area contributed by atoms with Crippen LogP contribution in [0, 0.1) is 0 Å². The summed E-state index contributed by atoms with van der Waals surface area (Å²) in [6.45, 7) is 0. The van der Waals surface area contributed by atoms with Crippen LogP contribution in [0.5, 0.6) is 0 Å². The molecule has 0 atom stereocenters. The lowest BCUT2D eigenvalue weighted by Gasteiger charge is -1.93. The van der Waals surface area contributed by atoms with Crippen LogP contribution >= 0.6 is 0 Å². The van der Waals surface area contributed by atoms with Gasteiger partial charge in [0.25, 0.3) is 0 Å². The van der Waals surface area contributed by atoms with Crippen molar-refractivity contribution in [3.63, 3.8) is 0 Å². The number of rotatable bonds is 0. The van der Waals surface area contributed by atoms with Gasteiger partial charge in [0.1, 0.15) is 0 Å². The highest BCUT2D eigenvalue weighted by Gasteiger charge is 2.00. The van der Waals surface area contributed by atoms with Crippen molar-refractivity contribution in [1.82, 2.24) is 0 Å². The summed E-state index contributed by atoms with van der Waals surface area (Å²) in [6.07, 6.45) is 5.50. The molecule has 0 N–H and O–H groups in total. The van der Waals surface area contributed by atoms with Crippen LogP contribution in [0.25, 0.3) is 6.08 Å². The van der Waals surface area contributed by atoms with Gasteiger partial charge in [-0.1, -0.05) is 51.3 Å². The fourth-order valence-electron chi connectivity index (χ4n) is 1.20. The van der Waals surface area contributed by atoms with Gasteiger partial charge in [-0.3, -0.25) is 0 Å². The Morgan fingerprint density at radius 3 is 2.45 bits per heavy atom. The molecular formula is C11H16. The first-order chi connectivity index (χ1) is 4.47. The third-order valence-electron chi connectivity index (χ3n) is 1.69. The van der Waals surface area contributed by atoms with Gasteiger partial charge in [0.05, 0.1) is 0 Å². The van der Waals surface area contributed by atoms with E-state index in [1.54, 1.807) is 0 Å². The molecule has 0 radical (unpaired) electrons. The van der Waals surface area contributed by atoms with Gasteiger partial charge in [0, 0.05) is 0 Å². The molecule has 0 aromatic heterocycles. The quantitative estimate of drug-likeness (QED) is 0.528. The summed E-state index contributed by atoms with van der Waals surface area (Å²) in [5.74, 6) is 0. The molecule has 1 aliphatic rings. The molecule has 1 aliphatic carbocycles. The van der Waals surface area contributed by atoms with Crippen molar-refractivity contribution in [1.29, 1.82) is 0 Å². The van der Waals surface area contributed by atoms with Crippen molar-refractivity contribution in [3.05, 3.63) is 41.5 Å². The second kappa shape index (κ2) is 3.97. The normalized spacial score (nSPS) is 11.3. The minimum Gasteiger partial charge on any atom is -0.0795 e. The van der Waals surface area contributed by atoms with Crippen molar-refractivity contribution in [2.75, 3.05) is 0 Å². The molecule has 0 saturated heterocycles. The van der Waals surface area contributed by atoms with Crippen LogP contribution in [0.2, 0.25) is 0 Å². The average Bonchev–Trinajstić information content (AvgIpc) is 2.33. The van der Waals surface area contributed by atoms with Crippen molar-refractivity contribution in [3.8, 4) is 0 Å². The number of hydrogen-bond acceptors (Lipinski definition) is 0. The summed E-state index contributed by atoms with van der Waals surface area (Å²) in [5, 5.41) is 0. The molecule has 0 heterocycles. The van der Waals surface area contributed by atoms with E-state index >= 15 is 0 Å². The van der Waals surface area contributed by atoms with Gasteiger partial charge in [0.2, 0.25) is 0 Å². The molecule has 0 aliphatic heterocycles. The van der Waals surface area contributed by atoms with E-state index in [1.165, 1.54) is 11.1 Å². The highest BCUT2D eigenvalue weighted by atomic mass is 14.0. The molecular weight excluding hydrogens is 132 g/mol. The van der Waals surface area contributed by atoms with Gasteiger partial charge in [-0.2, -0.15) is 0 Å². The van der Waals surface area contributed by atoms with Crippen molar-refractivity contribution >= 4 is 6.08 Å². The van der Waals surface area contributed by atoms with Crippen LogP contribution in [0.4, 0.5) is 0 Å². The lowest BCUT2D eigenvalue weighted by Crippen LogP contribution is -1.76. The Labute approximate surface area is 69.6 Å². The molecule has 0 nitrogen and oxygen atoms in total. The van der Waals surface area contributed by atoms with E-state index < -0.39 is 0 Å². The topological polar surface area (TPSA) is 0 Å². The van der Waals surface area contributed by atoms with Gasteiger partial charge in [-0.15, -0.1) is 0 Å². The van der Waals surface area contributed by atoms with E-state index in [9.17, 15) is 0 Å². The third kappa shape index (κ3) is 1.70. The maximum atomic E-state index is 2.20. The fourth-order valence-corrected chi connectivity index (χ4v) is 1.20. The van der Waals surface area contributed by atoms with Crippen LogP contribution in [0.1, 0.15) is 26.0 Å². The number of hydrogen-bond donors (Lipinski definition) is 0. The maximum Gasteiger partial charge on any atom is -0.00882 e. The Balaban J connectivity index is 0.000000500. The zero-order valence-corrected chi connectivity index (χ0v) is 5.17. The predicted molar refractivity (Wildman–Crippen MR) is 52.6 cm³/mol. The second-order valence-electron chi connectivity index (χ2n) is 2.31. The zero-order chi connectivity index (χ0) is 6.10. The molecule has 1 aromatic rings. The Morgan fingerprint density at radius 1 is 1.00 bits per heavy atom. The Kier molecular flexibility index (Phi) is 3.59. The van der Waals surface area contributed by atoms with E-state index in [0.29, 0.717) is 0 Å². The van der Waals surface area contributed by atoms with Gasteiger partial charge >= 0.3 is 0 Å². The maximum absolute atomic E-state index is 2.20. The average molecular weight is 148 g/mol. The molecule has 0 bridgehead atoms. The SMILES string of the molecule is C.C.C1=Cc2ccccc2C1. The summed E-state index contributed by atoms with van der Waals surface area (Å²) in [5.41, 5.74) is 2.84. The minimum absolute atomic E-state index is 0. The standard InChI is InChI=1S/C9H8.2CH4/c1-2-5-9-7-3-6-8(9)4-1;;/h1-6H,7H2;2*1H4. The lowest BCUT2D eigenvalue weighted by molar-refractivity contribution is 1.31. The summed E-state index contributed by atoms with van der Waals surface area (Å²) in [4.78, 5) is 0. The molecule has 0 saturated carbocycles. The van der Waals surface area contributed by atoms with Gasteiger partial charge in [0.15, 0.2) is 0 Å². The Hall–Kier alpha value is -1.04. The highest BCUT2D eigenvalue weighted by molar-refractivity contribution is 5.59. The zero-order valence-electron chi connectivity index (χ0n) is 5.17. The Bertz CT molecular complexity index is 246. The molecule has 0 amide bonds. The van der Waals surface area contributed by atoms with Crippen LogP contribution in [0.3, 0.4) is 0 Å². The largest absolute Gasteiger partial charge is 0.0795 e. The summed E-state index contributed by atoms with van der Waals surface area (Å²) in [6, 6.07) is 8.49. The fraction of sp³-hybridized carbons (Fsp3) is 0.273. The van der Waals surface area contributed by atoms with Gasteiger partial charge in [-0.05, 0) is 17.5 Å². The van der Waals surface area contributed by atoms with Crippen LogP contribution < -0.4 is 0 Å². The summed E-state index contributed by atoms with van der Waals surface area (Å²) < 4.78 is 0. The first-order valence-corrected chi connectivity index (χ1v) is 3.21. The predicted octanol–water partition coefficient (Wildman–Crippen LogP) is 3.53. The van der Waals surface area contributed by atoms with Gasteiger partial charge < -0.3 is 0 Å². The van der Waals surface area contributed by atoms with Crippen molar-refractivity contribution < 1.29 is 0 Å². The first-order valence-electron chi connectivity index (χ1n) is 3.21. The molecule has 0 heteroatoms. The third-order valence-corrected chi connectivity index (χ3v) is 1.69. The van der Waals surface area contributed by atoms with E-state index in [0.717, 1.165) is 6.42 Å².